The van der Waals surface area contributed by atoms with Crippen LogP contribution >= 0.6 is 11.8 Å². The van der Waals surface area contributed by atoms with Crippen LogP contribution in [0, 0.1) is 11.3 Å². The molecule has 0 aliphatic heterocycles. The molecular weight excluding hydrogens is 230 g/mol. The molecule has 1 heterocycles. The van der Waals surface area contributed by atoms with E-state index in [9.17, 15) is 0 Å². The second kappa shape index (κ2) is 5.37. The number of pyridine rings is 1. The van der Waals surface area contributed by atoms with Gasteiger partial charge in [-0.05, 0) is 23.8 Å². The molecular formula is C13H11N3S. The van der Waals surface area contributed by atoms with Crippen LogP contribution in [0.15, 0.2) is 47.6 Å². The molecule has 0 saturated carbocycles. The molecule has 1 aromatic heterocycles. The van der Waals surface area contributed by atoms with Gasteiger partial charge in [0.15, 0.2) is 0 Å². The van der Waals surface area contributed by atoms with E-state index in [0.29, 0.717) is 11.3 Å². The summed E-state index contributed by atoms with van der Waals surface area (Å²) in [5.74, 6) is 0.833. The zero-order chi connectivity index (χ0) is 12.1. The van der Waals surface area contributed by atoms with Crippen LogP contribution in [0.2, 0.25) is 0 Å². The number of aromatic nitrogens is 1. The van der Waals surface area contributed by atoms with Crippen LogP contribution in [0.3, 0.4) is 0 Å². The zero-order valence-electron chi connectivity index (χ0n) is 9.13. The maximum Gasteiger partial charge on any atom is 0.0991 e. The molecule has 0 amide bonds. The van der Waals surface area contributed by atoms with Crippen molar-refractivity contribution in [1.29, 1.82) is 5.26 Å². The summed E-state index contributed by atoms with van der Waals surface area (Å²) >= 11 is 1.67. The maximum absolute atomic E-state index is 8.69. The van der Waals surface area contributed by atoms with Crippen LogP contribution < -0.4 is 5.73 Å². The first-order valence-corrected chi connectivity index (χ1v) is 6.09. The Morgan fingerprint density at radius 1 is 1.24 bits per heavy atom. The molecule has 0 atom stereocenters. The minimum Gasteiger partial charge on any atom is -0.397 e. The highest BCUT2D eigenvalue weighted by molar-refractivity contribution is 7.98. The van der Waals surface area contributed by atoms with E-state index < -0.39 is 0 Å². The standard InChI is InChI=1S/C13H11N3S/c14-7-10-1-3-11(4-2-10)9-17-13-5-6-16-8-12(13)15/h1-6,8H,9,15H2. The van der Waals surface area contributed by atoms with Gasteiger partial charge >= 0.3 is 0 Å². The fourth-order valence-electron chi connectivity index (χ4n) is 1.36. The van der Waals surface area contributed by atoms with Gasteiger partial charge in [0.1, 0.15) is 0 Å². The fraction of sp³-hybridized carbons (Fsp3) is 0.0769. The van der Waals surface area contributed by atoms with Crippen molar-refractivity contribution in [3.63, 3.8) is 0 Å². The highest BCUT2D eigenvalue weighted by Gasteiger charge is 2.00. The Labute approximate surface area is 104 Å². The smallest absolute Gasteiger partial charge is 0.0991 e. The molecule has 0 spiro atoms. The first kappa shape index (κ1) is 11.5. The molecule has 2 rings (SSSR count). The summed E-state index contributed by atoms with van der Waals surface area (Å²) in [5, 5.41) is 8.69. The molecule has 0 saturated heterocycles. The number of nitrogen functional groups attached to an aromatic ring is 1. The quantitative estimate of drug-likeness (QED) is 0.839. The van der Waals surface area contributed by atoms with Gasteiger partial charge in [0, 0.05) is 16.8 Å². The van der Waals surface area contributed by atoms with E-state index in [1.165, 1.54) is 5.56 Å². The fourth-order valence-corrected chi connectivity index (χ4v) is 2.25. The average molecular weight is 241 g/mol. The summed E-state index contributed by atoms with van der Waals surface area (Å²) in [7, 11) is 0. The molecule has 0 aliphatic rings. The van der Waals surface area contributed by atoms with E-state index in [1.54, 1.807) is 24.2 Å². The highest BCUT2D eigenvalue weighted by atomic mass is 32.2. The SMILES string of the molecule is N#Cc1ccc(CSc2ccncc2N)cc1. The molecule has 0 bridgehead atoms. The van der Waals surface area contributed by atoms with Gasteiger partial charge in [-0.25, -0.2) is 0 Å². The minimum absolute atomic E-state index is 0.683. The summed E-state index contributed by atoms with van der Waals surface area (Å²) in [5.41, 5.74) is 8.36. The van der Waals surface area contributed by atoms with Crippen LogP contribution in [0.25, 0.3) is 0 Å². The van der Waals surface area contributed by atoms with Crippen LogP contribution in [0.1, 0.15) is 11.1 Å². The van der Waals surface area contributed by atoms with Crippen molar-refractivity contribution < 1.29 is 0 Å². The lowest BCUT2D eigenvalue weighted by molar-refractivity contribution is 1.26. The monoisotopic (exact) mass is 241 g/mol. The lowest BCUT2D eigenvalue weighted by atomic mass is 10.2. The Morgan fingerprint density at radius 3 is 2.65 bits per heavy atom. The summed E-state index contributed by atoms with van der Waals surface area (Å²) in [6, 6.07) is 11.6. The predicted octanol–water partition coefficient (Wildman–Crippen LogP) is 2.83. The number of nitriles is 1. The second-order valence-corrected chi connectivity index (χ2v) is 4.53. The van der Waals surface area contributed by atoms with Crippen molar-refractivity contribution >= 4 is 17.4 Å². The van der Waals surface area contributed by atoms with Gasteiger partial charge in [0.2, 0.25) is 0 Å². The van der Waals surface area contributed by atoms with Gasteiger partial charge in [-0.3, -0.25) is 4.98 Å². The van der Waals surface area contributed by atoms with Gasteiger partial charge in [0.05, 0.1) is 23.5 Å². The van der Waals surface area contributed by atoms with Crippen LogP contribution in [0.4, 0.5) is 5.69 Å². The number of thioether (sulfide) groups is 1. The molecule has 0 fully saturated rings. The number of nitrogens with zero attached hydrogens (tertiary/aromatic N) is 2. The Hall–Kier alpha value is -1.99. The normalized spacial score (nSPS) is 9.82. The van der Waals surface area contributed by atoms with Crippen molar-refractivity contribution in [3.05, 3.63) is 53.9 Å². The Bertz CT molecular complexity index is 543. The Kier molecular flexibility index (Phi) is 3.63. The maximum atomic E-state index is 8.69. The van der Waals surface area contributed by atoms with E-state index in [1.807, 2.05) is 30.3 Å². The Morgan fingerprint density at radius 2 is 2.00 bits per heavy atom. The van der Waals surface area contributed by atoms with Crippen molar-refractivity contribution in [3.8, 4) is 6.07 Å². The molecule has 2 N–H and O–H groups in total. The lowest BCUT2D eigenvalue weighted by Crippen LogP contribution is -1.89. The molecule has 1 aromatic carbocycles. The molecule has 0 radical (unpaired) electrons. The van der Waals surface area contributed by atoms with Gasteiger partial charge < -0.3 is 5.73 Å². The van der Waals surface area contributed by atoms with E-state index >= 15 is 0 Å². The molecule has 0 aliphatic carbocycles. The zero-order valence-corrected chi connectivity index (χ0v) is 9.95. The highest BCUT2D eigenvalue weighted by Crippen LogP contribution is 2.26. The van der Waals surface area contributed by atoms with Crippen LogP contribution in [-0.2, 0) is 5.75 Å². The van der Waals surface area contributed by atoms with Crippen LogP contribution in [0.5, 0.6) is 0 Å². The second-order valence-electron chi connectivity index (χ2n) is 3.51. The third-order valence-corrected chi connectivity index (χ3v) is 3.45. The largest absolute Gasteiger partial charge is 0.397 e. The lowest BCUT2D eigenvalue weighted by Gasteiger charge is -2.04. The van der Waals surface area contributed by atoms with Crippen molar-refractivity contribution in [2.75, 3.05) is 5.73 Å². The summed E-state index contributed by atoms with van der Waals surface area (Å²) in [6.07, 6.45) is 3.39. The summed E-state index contributed by atoms with van der Waals surface area (Å²) < 4.78 is 0. The number of hydrogen-bond donors (Lipinski definition) is 1. The summed E-state index contributed by atoms with van der Waals surface area (Å²) in [4.78, 5) is 4.98. The van der Waals surface area contributed by atoms with Gasteiger partial charge in [-0.1, -0.05) is 12.1 Å². The number of rotatable bonds is 3. The van der Waals surface area contributed by atoms with E-state index in [0.717, 1.165) is 10.6 Å². The molecule has 4 heteroatoms. The predicted molar refractivity (Wildman–Crippen MR) is 69.4 cm³/mol. The third-order valence-electron chi connectivity index (χ3n) is 2.29. The number of anilines is 1. The molecule has 2 aromatic rings. The van der Waals surface area contributed by atoms with E-state index in [2.05, 4.69) is 11.1 Å². The topological polar surface area (TPSA) is 62.7 Å². The summed E-state index contributed by atoms with van der Waals surface area (Å²) in [6.45, 7) is 0. The first-order valence-electron chi connectivity index (χ1n) is 5.11. The van der Waals surface area contributed by atoms with Gasteiger partial charge in [0.25, 0.3) is 0 Å². The van der Waals surface area contributed by atoms with Gasteiger partial charge in [-0.2, -0.15) is 5.26 Å². The van der Waals surface area contributed by atoms with E-state index in [4.69, 9.17) is 11.0 Å². The molecule has 0 unspecified atom stereocenters. The van der Waals surface area contributed by atoms with Crippen molar-refractivity contribution in [1.82, 2.24) is 4.98 Å². The molecule has 84 valence electrons. The minimum atomic E-state index is 0.683. The van der Waals surface area contributed by atoms with Crippen molar-refractivity contribution in [2.45, 2.75) is 10.6 Å². The molecule has 3 nitrogen and oxygen atoms in total. The number of benzene rings is 1. The first-order chi connectivity index (χ1) is 8.29. The Balaban J connectivity index is 2.03. The molecule has 17 heavy (non-hydrogen) atoms. The van der Waals surface area contributed by atoms with Gasteiger partial charge in [-0.15, -0.1) is 11.8 Å². The number of nitrogens with two attached hydrogens (primary N) is 1. The third kappa shape index (κ3) is 2.99. The number of hydrogen-bond acceptors (Lipinski definition) is 4. The van der Waals surface area contributed by atoms with Crippen molar-refractivity contribution in [2.24, 2.45) is 0 Å². The van der Waals surface area contributed by atoms with E-state index in [-0.39, 0.29) is 0 Å². The average Bonchev–Trinajstić information content (AvgIpc) is 2.38. The van der Waals surface area contributed by atoms with Crippen LogP contribution in [-0.4, -0.2) is 4.98 Å².